The number of rotatable bonds is 0. The molecule has 0 radical (unpaired) electrons. The van der Waals surface area contributed by atoms with Crippen molar-refractivity contribution < 1.29 is 9.63 Å². The van der Waals surface area contributed by atoms with Gasteiger partial charge in [-0.2, -0.15) is 0 Å². The van der Waals surface area contributed by atoms with Gasteiger partial charge in [0.1, 0.15) is 0 Å². The van der Waals surface area contributed by atoms with Gasteiger partial charge in [-0.05, 0) is 13.8 Å². The Bertz CT molecular complexity index is 198. The summed E-state index contributed by atoms with van der Waals surface area (Å²) in [6.07, 6.45) is -0.425. The van der Waals surface area contributed by atoms with Crippen molar-refractivity contribution in [2.75, 3.05) is 7.05 Å². The van der Waals surface area contributed by atoms with Crippen LogP contribution >= 0.6 is 0 Å². The van der Waals surface area contributed by atoms with Crippen molar-refractivity contribution in [1.29, 1.82) is 0 Å². The second kappa shape index (κ2) is 2.21. The molecule has 0 bridgehead atoms. The van der Waals surface area contributed by atoms with Crippen LogP contribution in [0.4, 0.5) is 4.79 Å². The highest BCUT2D eigenvalue weighted by Crippen LogP contribution is 2.10. The molecule has 4 nitrogen and oxygen atoms in total. The smallest absolute Gasteiger partial charge is 0.322 e. The molecule has 0 aromatic rings. The minimum Gasteiger partial charge on any atom is -0.322 e. The van der Waals surface area contributed by atoms with Gasteiger partial charge in [-0.15, -0.1) is 0 Å². The van der Waals surface area contributed by atoms with Crippen molar-refractivity contribution in [3.8, 4) is 0 Å². The van der Waals surface area contributed by atoms with E-state index in [1.807, 2.05) is 13.8 Å². The van der Waals surface area contributed by atoms with Crippen LogP contribution in [0.5, 0.6) is 0 Å². The van der Waals surface area contributed by atoms with E-state index in [4.69, 9.17) is 4.84 Å². The fraction of sp³-hybridized carbons (Fsp3) is 0.500. The molecule has 4 heteroatoms. The molecule has 0 saturated heterocycles. The van der Waals surface area contributed by atoms with Gasteiger partial charge in [-0.3, -0.25) is 5.32 Å². The Labute approximate surface area is 59.4 Å². The van der Waals surface area contributed by atoms with Crippen LogP contribution in [0.3, 0.4) is 0 Å². The maximum atomic E-state index is 10.6. The zero-order valence-corrected chi connectivity index (χ0v) is 6.26. The van der Waals surface area contributed by atoms with Gasteiger partial charge in [-0.1, -0.05) is 0 Å². The third kappa shape index (κ3) is 1.05. The number of nitrogens with one attached hydrogen (secondary N) is 1. The predicted molar refractivity (Wildman–Crippen MR) is 35.8 cm³/mol. The minimum absolute atomic E-state index is 0.425. The van der Waals surface area contributed by atoms with Crippen molar-refractivity contribution in [3.05, 3.63) is 11.4 Å². The van der Waals surface area contributed by atoms with Crippen molar-refractivity contribution in [2.24, 2.45) is 0 Å². The first-order valence-corrected chi connectivity index (χ1v) is 3.01. The molecule has 1 amide bonds. The lowest BCUT2D eigenvalue weighted by atomic mass is 10.3. The fourth-order valence-corrected chi connectivity index (χ4v) is 0.695. The average Bonchev–Trinajstić information content (AvgIpc) is 1.82. The largest absolute Gasteiger partial charge is 0.435 e. The first-order chi connectivity index (χ1) is 4.61. The summed E-state index contributed by atoms with van der Waals surface area (Å²) in [6, 6.07) is 0. The number of hydrogen-bond acceptors (Lipinski definition) is 3. The average molecular weight is 142 g/mol. The second-order valence-electron chi connectivity index (χ2n) is 2.21. The summed E-state index contributed by atoms with van der Waals surface area (Å²) in [4.78, 5) is 15.3. The molecular formula is C6H10N2O2. The highest BCUT2D eigenvalue weighted by atomic mass is 16.7. The lowest BCUT2D eigenvalue weighted by molar-refractivity contribution is -0.0554. The molecule has 1 N–H and O–H groups in total. The van der Waals surface area contributed by atoms with E-state index in [1.165, 1.54) is 5.06 Å². The Kier molecular flexibility index (Phi) is 1.53. The van der Waals surface area contributed by atoms with Crippen molar-refractivity contribution in [3.63, 3.8) is 0 Å². The number of allylic oxidation sites excluding steroid dienone is 2. The number of carbonyl (C=O) groups excluding carboxylic acids is 1. The van der Waals surface area contributed by atoms with Crippen LogP contribution in [-0.2, 0) is 4.84 Å². The molecule has 0 aromatic carbocycles. The molecule has 0 aliphatic carbocycles. The molecule has 0 saturated carbocycles. The number of carbonyl (C=O) groups is 1. The second-order valence-corrected chi connectivity index (χ2v) is 2.21. The van der Waals surface area contributed by atoms with E-state index >= 15 is 0 Å². The molecule has 0 aromatic heterocycles. The molecule has 0 fully saturated rings. The Morgan fingerprint density at radius 1 is 1.50 bits per heavy atom. The molecule has 0 spiro atoms. The van der Waals surface area contributed by atoms with Crippen molar-refractivity contribution in [1.82, 2.24) is 10.4 Å². The first kappa shape index (κ1) is 6.92. The highest BCUT2D eigenvalue weighted by Gasteiger charge is 2.16. The van der Waals surface area contributed by atoms with Gasteiger partial charge in [0.25, 0.3) is 0 Å². The van der Waals surface area contributed by atoms with E-state index in [0.29, 0.717) is 0 Å². The third-order valence-corrected chi connectivity index (χ3v) is 1.52. The van der Waals surface area contributed by atoms with Crippen LogP contribution in [0.2, 0.25) is 0 Å². The van der Waals surface area contributed by atoms with Gasteiger partial charge in [0.2, 0.25) is 0 Å². The Balaban J connectivity index is 2.84. The molecule has 0 unspecified atom stereocenters. The number of nitrogens with zero attached hydrogens (tertiary/aromatic N) is 1. The monoisotopic (exact) mass is 142 g/mol. The molecule has 0 atom stereocenters. The van der Waals surface area contributed by atoms with Crippen LogP contribution < -0.4 is 5.32 Å². The van der Waals surface area contributed by atoms with Crippen LogP contribution in [0, 0.1) is 0 Å². The van der Waals surface area contributed by atoms with E-state index in [1.54, 1.807) is 7.05 Å². The van der Waals surface area contributed by atoms with E-state index in [2.05, 4.69) is 5.32 Å². The van der Waals surface area contributed by atoms with Gasteiger partial charge < -0.3 is 4.84 Å². The van der Waals surface area contributed by atoms with Gasteiger partial charge in [0.15, 0.2) is 0 Å². The molecule has 1 rings (SSSR count). The maximum Gasteiger partial charge on any atom is 0.435 e. The lowest BCUT2D eigenvalue weighted by Crippen LogP contribution is -2.37. The fourth-order valence-electron chi connectivity index (χ4n) is 0.695. The van der Waals surface area contributed by atoms with Gasteiger partial charge in [-0.25, -0.2) is 9.86 Å². The zero-order chi connectivity index (χ0) is 7.72. The van der Waals surface area contributed by atoms with Crippen LogP contribution in [0.25, 0.3) is 0 Å². The van der Waals surface area contributed by atoms with E-state index in [9.17, 15) is 4.79 Å². The summed E-state index contributed by atoms with van der Waals surface area (Å²) in [7, 11) is 1.69. The lowest BCUT2D eigenvalue weighted by Gasteiger charge is -2.25. The normalized spacial score (nSPS) is 18.7. The summed E-state index contributed by atoms with van der Waals surface area (Å²) in [5, 5.41) is 3.97. The molecule has 1 aliphatic rings. The SMILES string of the molecule is CC1=C(C)N(C)OC(=O)N1. The quantitative estimate of drug-likeness (QED) is 0.544. The standard InChI is InChI=1S/C6H10N2O2/c1-4-5(2)8(3)10-6(9)7-4/h1-3H3,(H,7,9). The summed E-state index contributed by atoms with van der Waals surface area (Å²) >= 11 is 0. The van der Waals surface area contributed by atoms with Crippen LogP contribution in [0.1, 0.15) is 13.8 Å². The summed E-state index contributed by atoms with van der Waals surface area (Å²) in [5.74, 6) is 0. The molecule has 56 valence electrons. The zero-order valence-electron chi connectivity index (χ0n) is 6.26. The Morgan fingerprint density at radius 2 is 2.10 bits per heavy atom. The van der Waals surface area contributed by atoms with Crippen LogP contribution in [0.15, 0.2) is 11.4 Å². The van der Waals surface area contributed by atoms with Crippen molar-refractivity contribution in [2.45, 2.75) is 13.8 Å². The van der Waals surface area contributed by atoms with E-state index < -0.39 is 6.09 Å². The van der Waals surface area contributed by atoms with Crippen LogP contribution in [-0.4, -0.2) is 18.2 Å². The summed E-state index contributed by atoms with van der Waals surface area (Å²) in [5.41, 5.74) is 1.75. The topological polar surface area (TPSA) is 41.6 Å². The number of amides is 1. The summed E-state index contributed by atoms with van der Waals surface area (Å²) in [6.45, 7) is 3.70. The molecule has 1 heterocycles. The Morgan fingerprint density at radius 3 is 2.60 bits per heavy atom. The van der Waals surface area contributed by atoms with Gasteiger partial charge in [0, 0.05) is 12.7 Å². The maximum absolute atomic E-state index is 10.6. The molecule has 10 heavy (non-hydrogen) atoms. The molecular weight excluding hydrogens is 132 g/mol. The first-order valence-electron chi connectivity index (χ1n) is 3.01. The third-order valence-electron chi connectivity index (χ3n) is 1.52. The van der Waals surface area contributed by atoms with Gasteiger partial charge in [0.05, 0.1) is 5.70 Å². The number of hydrogen-bond donors (Lipinski definition) is 1. The molecule has 1 aliphatic heterocycles. The minimum atomic E-state index is -0.425. The predicted octanol–water partition coefficient (Wildman–Crippen LogP) is 0.824. The van der Waals surface area contributed by atoms with Gasteiger partial charge >= 0.3 is 6.09 Å². The summed E-state index contributed by atoms with van der Waals surface area (Å²) < 4.78 is 0. The Hall–Kier alpha value is -1.19. The van der Waals surface area contributed by atoms with E-state index in [-0.39, 0.29) is 0 Å². The van der Waals surface area contributed by atoms with E-state index in [0.717, 1.165) is 11.4 Å². The highest BCUT2D eigenvalue weighted by molar-refractivity contribution is 5.70. The van der Waals surface area contributed by atoms with Crippen molar-refractivity contribution >= 4 is 6.09 Å². The number of hydroxylamine groups is 2.